The molecule has 2 aromatic heterocycles. The summed E-state index contributed by atoms with van der Waals surface area (Å²) in [5.41, 5.74) is 5.96. The Labute approximate surface area is 237 Å². The van der Waals surface area contributed by atoms with Gasteiger partial charge in [-0.05, 0) is 73.0 Å². The van der Waals surface area contributed by atoms with Gasteiger partial charge in [0.15, 0.2) is 0 Å². The molecule has 0 saturated carbocycles. The van der Waals surface area contributed by atoms with Crippen molar-refractivity contribution in [3.8, 4) is 0 Å². The summed E-state index contributed by atoms with van der Waals surface area (Å²) >= 11 is 6.09. The molecule has 204 valence electrons. The lowest BCUT2D eigenvalue weighted by Gasteiger charge is -2.25. The number of aromatic nitrogens is 2. The van der Waals surface area contributed by atoms with Gasteiger partial charge in [0, 0.05) is 62.9 Å². The second kappa shape index (κ2) is 16.1. The number of hydrogen-bond donors (Lipinski definition) is 3. The molecule has 0 fully saturated rings. The Balaban J connectivity index is 1.25. The molecule has 0 saturated heterocycles. The molecule has 0 aliphatic heterocycles. The molecule has 4 rings (SSSR count). The van der Waals surface area contributed by atoms with E-state index in [1.165, 1.54) is 16.7 Å². The van der Waals surface area contributed by atoms with E-state index < -0.39 is 0 Å². The first-order valence-corrected chi connectivity index (χ1v) is 14.0. The van der Waals surface area contributed by atoms with Crippen molar-refractivity contribution >= 4 is 11.6 Å². The summed E-state index contributed by atoms with van der Waals surface area (Å²) in [5, 5.41) is 11.5. The number of nitrogens with zero attached hydrogens (tertiary/aromatic N) is 3. The number of halogens is 1. The predicted octanol–water partition coefficient (Wildman–Crippen LogP) is 5.36. The smallest absolute Gasteiger partial charge is 0.0570 e. The molecule has 39 heavy (non-hydrogen) atoms. The Hall–Kier alpha value is -3.13. The summed E-state index contributed by atoms with van der Waals surface area (Å²) in [6, 6.07) is 29.3. The van der Waals surface area contributed by atoms with Gasteiger partial charge in [-0.1, -0.05) is 60.1 Å². The van der Waals surface area contributed by atoms with Crippen molar-refractivity contribution in [1.29, 1.82) is 0 Å². The highest BCUT2D eigenvalue weighted by Gasteiger charge is 2.11. The molecule has 6 nitrogen and oxygen atoms in total. The Morgan fingerprint density at radius 3 is 2.28 bits per heavy atom. The van der Waals surface area contributed by atoms with Crippen LogP contribution in [0, 0.1) is 0 Å². The lowest BCUT2D eigenvalue weighted by atomic mass is 10.1. The third-order valence-corrected chi connectivity index (χ3v) is 6.86. The molecule has 2 heterocycles. The van der Waals surface area contributed by atoms with Crippen LogP contribution in [0.3, 0.4) is 0 Å². The van der Waals surface area contributed by atoms with E-state index in [1.54, 1.807) is 0 Å². The molecule has 7 heteroatoms. The summed E-state index contributed by atoms with van der Waals surface area (Å²) in [6.45, 7) is 8.14. The molecule has 1 unspecified atom stereocenters. The zero-order chi connectivity index (χ0) is 27.1. The van der Waals surface area contributed by atoms with Gasteiger partial charge in [0.25, 0.3) is 0 Å². The monoisotopic (exact) mass is 542 g/mol. The molecular weight excluding hydrogens is 504 g/mol. The standard InChI is InChI=1S/C32H39ClN6/c1-26(32-10-3-5-17-37-32)38-25-39(20-19-35-23-31-9-2-4-16-36-31)24-29-13-11-28(12-14-29)22-34-18-15-27-7-6-8-30(33)21-27/h2-14,16-17,21,26,34-35,38H,15,18-20,22-25H2,1H3. The van der Waals surface area contributed by atoms with Gasteiger partial charge in [0.05, 0.1) is 11.4 Å². The number of rotatable bonds is 16. The Bertz CT molecular complexity index is 1220. The minimum atomic E-state index is 0.176. The van der Waals surface area contributed by atoms with Crippen molar-refractivity contribution in [2.75, 3.05) is 26.3 Å². The van der Waals surface area contributed by atoms with Crippen LogP contribution in [-0.4, -0.2) is 41.2 Å². The van der Waals surface area contributed by atoms with Gasteiger partial charge in [-0.2, -0.15) is 0 Å². The lowest BCUT2D eigenvalue weighted by molar-refractivity contribution is 0.233. The maximum atomic E-state index is 6.09. The summed E-state index contributed by atoms with van der Waals surface area (Å²) < 4.78 is 0. The van der Waals surface area contributed by atoms with Crippen molar-refractivity contribution in [3.63, 3.8) is 0 Å². The molecule has 0 spiro atoms. The molecule has 0 aliphatic rings. The number of pyridine rings is 2. The minimum absolute atomic E-state index is 0.176. The van der Waals surface area contributed by atoms with Gasteiger partial charge in [0.1, 0.15) is 0 Å². The first-order chi connectivity index (χ1) is 19.2. The van der Waals surface area contributed by atoms with Crippen LogP contribution < -0.4 is 16.0 Å². The SMILES string of the molecule is CC(NCN(CCNCc1ccccn1)Cc1ccc(CNCCc2cccc(Cl)c2)cc1)c1ccccn1. The van der Waals surface area contributed by atoms with Gasteiger partial charge in [-0.15, -0.1) is 0 Å². The van der Waals surface area contributed by atoms with Crippen molar-refractivity contribution in [3.05, 3.63) is 130 Å². The average Bonchev–Trinajstić information content (AvgIpc) is 2.98. The van der Waals surface area contributed by atoms with E-state index in [0.717, 1.165) is 68.8 Å². The first-order valence-electron chi connectivity index (χ1n) is 13.7. The zero-order valence-electron chi connectivity index (χ0n) is 22.7. The highest BCUT2D eigenvalue weighted by molar-refractivity contribution is 6.30. The number of benzene rings is 2. The first kappa shape index (κ1) is 28.9. The third kappa shape index (κ3) is 10.5. The van der Waals surface area contributed by atoms with E-state index in [1.807, 2.05) is 54.9 Å². The van der Waals surface area contributed by atoms with Gasteiger partial charge < -0.3 is 10.6 Å². The summed E-state index contributed by atoms with van der Waals surface area (Å²) in [7, 11) is 0. The quantitative estimate of drug-likeness (QED) is 0.131. The van der Waals surface area contributed by atoms with Gasteiger partial charge in [-0.3, -0.25) is 20.2 Å². The molecule has 4 aromatic rings. The van der Waals surface area contributed by atoms with E-state index in [9.17, 15) is 0 Å². The topological polar surface area (TPSA) is 65.1 Å². The molecule has 0 amide bonds. The third-order valence-electron chi connectivity index (χ3n) is 6.63. The molecule has 0 radical (unpaired) electrons. The van der Waals surface area contributed by atoms with Crippen LogP contribution in [0.1, 0.15) is 41.0 Å². The van der Waals surface area contributed by atoms with Crippen molar-refractivity contribution in [2.24, 2.45) is 0 Å². The number of hydrogen-bond acceptors (Lipinski definition) is 6. The average molecular weight is 543 g/mol. The fraction of sp³-hybridized carbons (Fsp3) is 0.312. The van der Waals surface area contributed by atoms with Crippen LogP contribution in [0.4, 0.5) is 0 Å². The second-order valence-corrected chi connectivity index (χ2v) is 10.2. The Kier molecular flexibility index (Phi) is 11.9. The minimum Gasteiger partial charge on any atom is -0.312 e. The van der Waals surface area contributed by atoms with Crippen LogP contribution in [0.5, 0.6) is 0 Å². The van der Waals surface area contributed by atoms with E-state index in [-0.39, 0.29) is 6.04 Å². The second-order valence-electron chi connectivity index (χ2n) is 9.76. The van der Waals surface area contributed by atoms with Crippen LogP contribution in [0.25, 0.3) is 0 Å². The Morgan fingerprint density at radius 1 is 0.769 bits per heavy atom. The molecule has 1 atom stereocenters. The molecular formula is C32H39ClN6. The van der Waals surface area contributed by atoms with E-state index >= 15 is 0 Å². The van der Waals surface area contributed by atoms with Crippen LogP contribution in [0.15, 0.2) is 97.3 Å². The normalized spacial score (nSPS) is 12.1. The molecule has 0 bridgehead atoms. The van der Waals surface area contributed by atoms with E-state index in [4.69, 9.17) is 11.6 Å². The largest absolute Gasteiger partial charge is 0.312 e. The summed E-state index contributed by atoms with van der Waals surface area (Å²) in [6.07, 6.45) is 4.65. The van der Waals surface area contributed by atoms with Gasteiger partial charge >= 0.3 is 0 Å². The highest BCUT2D eigenvalue weighted by atomic mass is 35.5. The maximum absolute atomic E-state index is 6.09. The van der Waals surface area contributed by atoms with Crippen molar-refractivity contribution in [1.82, 2.24) is 30.8 Å². The van der Waals surface area contributed by atoms with E-state index in [0.29, 0.717) is 0 Å². The summed E-state index contributed by atoms with van der Waals surface area (Å²) in [5.74, 6) is 0. The maximum Gasteiger partial charge on any atom is 0.0570 e. The van der Waals surface area contributed by atoms with Crippen LogP contribution >= 0.6 is 11.6 Å². The van der Waals surface area contributed by atoms with E-state index in [2.05, 4.69) is 80.2 Å². The number of nitrogens with one attached hydrogen (secondary N) is 3. The van der Waals surface area contributed by atoms with Crippen LogP contribution in [-0.2, 0) is 26.1 Å². The van der Waals surface area contributed by atoms with Crippen LogP contribution in [0.2, 0.25) is 5.02 Å². The predicted molar refractivity (Wildman–Crippen MR) is 160 cm³/mol. The fourth-order valence-corrected chi connectivity index (χ4v) is 4.56. The molecule has 2 aromatic carbocycles. The van der Waals surface area contributed by atoms with Crippen molar-refractivity contribution in [2.45, 2.75) is 39.0 Å². The molecule has 3 N–H and O–H groups in total. The molecule has 0 aliphatic carbocycles. The highest BCUT2D eigenvalue weighted by Crippen LogP contribution is 2.12. The van der Waals surface area contributed by atoms with Gasteiger partial charge in [-0.25, -0.2) is 0 Å². The fourth-order valence-electron chi connectivity index (χ4n) is 4.35. The van der Waals surface area contributed by atoms with Gasteiger partial charge in [0.2, 0.25) is 0 Å². The zero-order valence-corrected chi connectivity index (χ0v) is 23.4. The Morgan fingerprint density at radius 2 is 1.54 bits per heavy atom. The summed E-state index contributed by atoms with van der Waals surface area (Å²) in [4.78, 5) is 11.3. The lowest BCUT2D eigenvalue weighted by Crippen LogP contribution is -2.39. The van der Waals surface area contributed by atoms with Crippen molar-refractivity contribution < 1.29 is 0 Å².